The number of hydrogen-bond acceptors (Lipinski definition) is 3. The van der Waals surface area contributed by atoms with Crippen molar-refractivity contribution in [2.75, 3.05) is 6.61 Å². The number of benzene rings is 2. The maximum atomic E-state index is 12.2. The van der Waals surface area contributed by atoms with Gasteiger partial charge in [0.1, 0.15) is 18.1 Å². The highest BCUT2D eigenvalue weighted by Crippen LogP contribution is 2.17. The van der Waals surface area contributed by atoms with E-state index in [0.29, 0.717) is 12.4 Å². The normalized spacial score (nSPS) is 13.0. The van der Waals surface area contributed by atoms with Crippen LogP contribution in [-0.4, -0.2) is 24.7 Å². The molecule has 0 heterocycles. The summed E-state index contributed by atoms with van der Waals surface area (Å²) >= 11 is 3.36. The number of ether oxygens (including phenoxy) is 2. The lowest BCUT2D eigenvalue weighted by Crippen LogP contribution is -2.43. The summed E-state index contributed by atoms with van der Waals surface area (Å²) in [6.45, 7) is 6.06. The molecule has 0 fully saturated rings. The third kappa shape index (κ3) is 5.89. The highest BCUT2D eigenvalue weighted by atomic mass is 79.9. The van der Waals surface area contributed by atoms with Gasteiger partial charge in [0.2, 0.25) is 0 Å². The highest BCUT2D eigenvalue weighted by Gasteiger charge is 2.17. The first-order valence-corrected chi connectivity index (χ1v) is 8.65. The van der Waals surface area contributed by atoms with Gasteiger partial charge < -0.3 is 14.8 Å². The number of aryl methyl sites for hydroxylation is 1. The van der Waals surface area contributed by atoms with Gasteiger partial charge in [-0.15, -0.1) is 0 Å². The summed E-state index contributed by atoms with van der Waals surface area (Å²) in [5, 5.41) is 2.89. The number of rotatable bonds is 7. The van der Waals surface area contributed by atoms with Crippen LogP contribution in [0.4, 0.5) is 0 Å². The fraction of sp³-hybridized carbons (Fsp3) is 0.316. The van der Waals surface area contributed by atoms with E-state index >= 15 is 0 Å². The molecule has 0 aromatic heterocycles. The van der Waals surface area contributed by atoms with Crippen molar-refractivity contribution in [3.05, 3.63) is 58.6 Å². The van der Waals surface area contributed by atoms with Gasteiger partial charge in [-0.3, -0.25) is 4.79 Å². The Morgan fingerprint density at radius 1 is 1.04 bits per heavy atom. The van der Waals surface area contributed by atoms with Gasteiger partial charge in [-0.25, -0.2) is 0 Å². The van der Waals surface area contributed by atoms with Gasteiger partial charge in [0.15, 0.2) is 6.10 Å². The molecule has 0 radical (unpaired) electrons. The number of carbonyl (C=O) groups excluding carboxylic acids is 1. The second-order valence-electron chi connectivity index (χ2n) is 5.75. The van der Waals surface area contributed by atoms with Crippen LogP contribution >= 0.6 is 15.9 Å². The Morgan fingerprint density at radius 2 is 1.62 bits per heavy atom. The van der Waals surface area contributed by atoms with Gasteiger partial charge in [-0.2, -0.15) is 0 Å². The highest BCUT2D eigenvalue weighted by molar-refractivity contribution is 9.10. The number of carbonyl (C=O) groups is 1. The average Bonchev–Trinajstić information content (AvgIpc) is 2.56. The van der Waals surface area contributed by atoms with Crippen LogP contribution in [0, 0.1) is 6.92 Å². The zero-order valence-electron chi connectivity index (χ0n) is 14.1. The monoisotopic (exact) mass is 391 g/mol. The Hall–Kier alpha value is -2.01. The van der Waals surface area contributed by atoms with Crippen molar-refractivity contribution in [1.29, 1.82) is 0 Å². The second-order valence-corrected chi connectivity index (χ2v) is 6.66. The maximum Gasteiger partial charge on any atom is 0.261 e. The molecular formula is C19H22BrNO3. The van der Waals surface area contributed by atoms with E-state index in [9.17, 15) is 4.79 Å². The van der Waals surface area contributed by atoms with Crippen molar-refractivity contribution >= 4 is 21.8 Å². The smallest absolute Gasteiger partial charge is 0.261 e. The molecule has 24 heavy (non-hydrogen) atoms. The third-order valence-electron chi connectivity index (χ3n) is 3.41. The molecule has 0 spiro atoms. The summed E-state index contributed by atoms with van der Waals surface area (Å²) in [7, 11) is 0. The summed E-state index contributed by atoms with van der Waals surface area (Å²) in [5.41, 5.74) is 1.18. The fourth-order valence-corrected chi connectivity index (χ4v) is 2.29. The second kappa shape index (κ2) is 8.73. The number of halogens is 1. The minimum absolute atomic E-state index is 0.116. The van der Waals surface area contributed by atoms with Gasteiger partial charge in [0.05, 0.1) is 6.04 Å². The molecule has 2 atom stereocenters. The Kier molecular flexibility index (Phi) is 6.67. The molecule has 0 aliphatic rings. The van der Waals surface area contributed by atoms with Crippen LogP contribution in [0.3, 0.4) is 0 Å². The molecule has 0 aliphatic carbocycles. The molecule has 128 valence electrons. The Labute approximate surface area is 151 Å². The van der Waals surface area contributed by atoms with Crippen LogP contribution in [0.5, 0.6) is 11.5 Å². The number of hydrogen-bond donors (Lipinski definition) is 1. The summed E-state index contributed by atoms with van der Waals surface area (Å²) in [6.07, 6.45) is -0.576. The third-order valence-corrected chi connectivity index (χ3v) is 3.93. The molecule has 0 aliphatic heterocycles. The van der Waals surface area contributed by atoms with Crippen molar-refractivity contribution in [3.8, 4) is 11.5 Å². The lowest BCUT2D eigenvalue weighted by Gasteiger charge is -2.19. The van der Waals surface area contributed by atoms with Crippen molar-refractivity contribution in [1.82, 2.24) is 5.32 Å². The zero-order chi connectivity index (χ0) is 17.5. The Balaban J connectivity index is 1.77. The van der Waals surface area contributed by atoms with E-state index < -0.39 is 6.10 Å². The molecule has 2 rings (SSSR count). The summed E-state index contributed by atoms with van der Waals surface area (Å²) < 4.78 is 12.3. The van der Waals surface area contributed by atoms with Crippen LogP contribution in [-0.2, 0) is 4.79 Å². The molecule has 4 nitrogen and oxygen atoms in total. The van der Waals surface area contributed by atoms with E-state index in [1.807, 2.05) is 62.4 Å². The van der Waals surface area contributed by atoms with Gasteiger partial charge >= 0.3 is 0 Å². The van der Waals surface area contributed by atoms with Crippen molar-refractivity contribution < 1.29 is 14.3 Å². The van der Waals surface area contributed by atoms with E-state index in [2.05, 4.69) is 21.2 Å². The first kappa shape index (κ1) is 18.3. The lowest BCUT2D eigenvalue weighted by atomic mass is 10.2. The lowest BCUT2D eigenvalue weighted by molar-refractivity contribution is -0.128. The molecular weight excluding hydrogens is 370 g/mol. The predicted octanol–water partition coefficient (Wildman–Crippen LogP) is 4.11. The average molecular weight is 392 g/mol. The zero-order valence-corrected chi connectivity index (χ0v) is 15.7. The number of nitrogens with one attached hydrogen (secondary N) is 1. The standard InChI is InChI=1S/C19H22BrNO3/c1-13-4-8-17(9-5-13)23-12-14(2)21-19(22)15(3)24-18-10-6-16(20)7-11-18/h4-11,14-15H,12H2,1-3H3,(H,21,22)/t14-,15+/m0/s1. The van der Waals surface area contributed by atoms with Crippen LogP contribution in [0.2, 0.25) is 0 Å². The van der Waals surface area contributed by atoms with Crippen LogP contribution in [0.1, 0.15) is 19.4 Å². The van der Waals surface area contributed by atoms with Crippen LogP contribution < -0.4 is 14.8 Å². The van der Waals surface area contributed by atoms with Crippen molar-refractivity contribution in [3.63, 3.8) is 0 Å². The molecule has 0 saturated heterocycles. The summed E-state index contributed by atoms with van der Waals surface area (Å²) in [4.78, 5) is 12.2. The maximum absolute atomic E-state index is 12.2. The van der Waals surface area contributed by atoms with Gasteiger partial charge in [-0.1, -0.05) is 33.6 Å². The SMILES string of the molecule is Cc1ccc(OC[C@H](C)NC(=O)[C@@H](C)Oc2ccc(Br)cc2)cc1. The van der Waals surface area contributed by atoms with E-state index in [1.165, 1.54) is 5.56 Å². The van der Waals surface area contributed by atoms with Gasteiger partial charge in [-0.05, 0) is 57.2 Å². The minimum atomic E-state index is -0.576. The first-order chi connectivity index (χ1) is 11.4. The van der Waals surface area contributed by atoms with Gasteiger partial charge in [0, 0.05) is 4.47 Å². The quantitative estimate of drug-likeness (QED) is 0.772. The predicted molar refractivity (Wildman–Crippen MR) is 98.5 cm³/mol. The van der Waals surface area contributed by atoms with Gasteiger partial charge in [0.25, 0.3) is 5.91 Å². The topological polar surface area (TPSA) is 47.6 Å². The van der Waals surface area contributed by atoms with Crippen LogP contribution in [0.25, 0.3) is 0 Å². The first-order valence-electron chi connectivity index (χ1n) is 7.86. The molecule has 0 unspecified atom stereocenters. The largest absolute Gasteiger partial charge is 0.491 e. The van der Waals surface area contributed by atoms with Crippen molar-refractivity contribution in [2.45, 2.75) is 32.9 Å². The number of amides is 1. The summed E-state index contributed by atoms with van der Waals surface area (Å²) in [6, 6.07) is 15.1. The molecule has 1 N–H and O–H groups in total. The van der Waals surface area contributed by atoms with Crippen molar-refractivity contribution in [2.24, 2.45) is 0 Å². The fourth-order valence-electron chi connectivity index (χ4n) is 2.03. The minimum Gasteiger partial charge on any atom is -0.491 e. The molecule has 0 saturated carbocycles. The molecule has 0 bridgehead atoms. The van der Waals surface area contributed by atoms with E-state index in [4.69, 9.17) is 9.47 Å². The molecule has 2 aromatic rings. The molecule has 2 aromatic carbocycles. The Bertz CT molecular complexity index is 655. The van der Waals surface area contributed by atoms with Crippen LogP contribution in [0.15, 0.2) is 53.0 Å². The van der Waals surface area contributed by atoms with E-state index in [1.54, 1.807) is 6.92 Å². The molecule has 5 heteroatoms. The van der Waals surface area contributed by atoms with E-state index in [0.717, 1.165) is 10.2 Å². The molecule has 1 amide bonds. The Morgan fingerprint density at radius 3 is 2.25 bits per heavy atom. The summed E-state index contributed by atoms with van der Waals surface area (Å²) in [5.74, 6) is 1.28. The van der Waals surface area contributed by atoms with E-state index in [-0.39, 0.29) is 11.9 Å².